The lowest BCUT2D eigenvalue weighted by atomic mass is 10.8. The molecule has 0 bridgehead atoms. The molecule has 0 aliphatic heterocycles. The Balaban J connectivity index is 2.42. The zero-order chi connectivity index (χ0) is 10.1. The Bertz CT molecular complexity index is 465. The van der Waals surface area contributed by atoms with Gasteiger partial charge in [-0.25, -0.2) is 4.79 Å². The lowest BCUT2D eigenvalue weighted by Gasteiger charge is -1.97. The number of nitrogens with zero attached hydrogens (tertiary/aromatic N) is 6. The molecule has 2 aromatic rings. The van der Waals surface area contributed by atoms with Crippen LogP contribution in [0.2, 0.25) is 5.15 Å². The van der Waals surface area contributed by atoms with Gasteiger partial charge in [-0.05, 0) is 15.9 Å². The molecule has 0 saturated carbocycles. The smallest absolute Gasteiger partial charge is 0.243 e. The van der Waals surface area contributed by atoms with Crippen molar-refractivity contribution in [2.24, 2.45) is 0 Å². The molecule has 0 aromatic carbocycles. The zero-order valence-electron chi connectivity index (χ0n) is 6.50. The highest BCUT2D eigenvalue weighted by Crippen LogP contribution is 2.18. The van der Waals surface area contributed by atoms with Crippen molar-refractivity contribution in [2.75, 3.05) is 0 Å². The molecule has 0 unspecified atom stereocenters. The molecule has 14 heavy (non-hydrogen) atoms. The molecule has 9 heteroatoms. The van der Waals surface area contributed by atoms with Gasteiger partial charge in [-0.15, -0.1) is 14.9 Å². The summed E-state index contributed by atoms with van der Waals surface area (Å²) in [5.41, 5.74) is 0. The molecule has 7 nitrogen and oxygen atoms in total. The van der Waals surface area contributed by atoms with Crippen LogP contribution < -0.4 is 0 Å². The van der Waals surface area contributed by atoms with E-state index in [9.17, 15) is 4.79 Å². The summed E-state index contributed by atoms with van der Waals surface area (Å²) in [4.78, 5) is 11.6. The van der Waals surface area contributed by atoms with Crippen LogP contribution in [0.3, 0.4) is 0 Å². The van der Waals surface area contributed by atoms with Crippen LogP contribution in [0.15, 0.2) is 17.0 Å². The fourth-order valence-electron chi connectivity index (χ4n) is 0.781. The van der Waals surface area contributed by atoms with Gasteiger partial charge in [0.05, 0.1) is 12.4 Å². The van der Waals surface area contributed by atoms with Gasteiger partial charge in [0.2, 0.25) is 0 Å². The summed E-state index contributed by atoms with van der Waals surface area (Å²) in [6.45, 7) is 0. The van der Waals surface area contributed by atoms with Crippen LogP contribution in [-0.2, 0) is 0 Å². The topological polar surface area (TPSA) is 78.5 Å². The van der Waals surface area contributed by atoms with Crippen molar-refractivity contribution < 1.29 is 4.79 Å². The molecule has 0 saturated heterocycles. The monoisotopic (exact) mass is 276 g/mol. The molecule has 2 aromatic heterocycles. The third-order valence-corrected chi connectivity index (χ3v) is 2.48. The number of carbonyl (C=O) groups excluding carboxylic acids is 1. The van der Waals surface area contributed by atoms with Crippen LogP contribution in [0.1, 0.15) is 0 Å². The van der Waals surface area contributed by atoms with Crippen LogP contribution in [0, 0.1) is 0 Å². The van der Waals surface area contributed by atoms with Crippen molar-refractivity contribution in [3.63, 3.8) is 0 Å². The van der Waals surface area contributed by atoms with Crippen molar-refractivity contribution in [3.8, 4) is 0 Å². The van der Waals surface area contributed by atoms with Gasteiger partial charge in [0.15, 0.2) is 9.76 Å². The van der Waals surface area contributed by atoms with E-state index in [1.54, 1.807) is 0 Å². The van der Waals surface area contributed by atoms with Crippen molar-refractivity contribution in [2.45, 2.75) is 0 Å². The van der Waals surface area contributed by atoms with Gasteiger partial charge in [0.1, 0.15) is 0 Å². The van der Waals surface area contributed by atoms with Crippen molar-refractivity contribution in [1.82, 2.24) is 30.0 Å². The Hall–Kier alpha value is -1.28. The molecule has 0 amide bonds. The molecular formula is C5H2BrClN6O. The Morgan fingerprint density at radius 2 is 2.29 bits per heavy atom. The first-order valence-electron chi connectivity index (χ1n) is 3.38. The van der Waals surface area contributed by atoms with Crippen LogP contribution in [-0.4, -0.2) is 36.0 Å². The van der Waals surface area contributed by atoms with Crippen LogP contribution in [0.4, 0.5) is 4.79 Å². The van der Waals surface area contributed by atoms with Gasteiger partial charge in [0, 0.05) is 0 Å². The fourth-order valence-corrected chi connectivity index (χ4v) is 1.16. The summed E-state index contributed by atoms with van der Waals surface area (Å²) < 4.78 is 2.19. The fraction of sp³-hybridized carbons (Fsp3) is 0. The maximum atomic E-state index is 11.6. The minimum absolute atomic E-state index is 0.0884. The van der Waals surface area contributed by atoms with Gasteiger partial charge in [-0.2, -0.15) is 4.68 Å². The first-order valence-corrected chi connectivity index (χ1v) is 4.55. The SMILES string of the molecule is O=C(n1ccnn1)n1nnc(Br)c1Cl. The maximum Gasteiger partial charge on any atom is 0.373 e. The average Bonchev–Trinajstić information content (AvgIpc) is 2.77. The number of hydrogen-bond acceptors (Lipinski definition) is 5. The molecule has 0 spiro atoms. The molecule has 72 valence electrons. The van der Waals surface area contributed by atoms with Gasteiger partial charge in [0.25, 0.3) is 0 Å². The number of rotatable bonds is 0. The lowest BCUT2D eigenvalue weighted by molar-refractivity contribution is 0.237. The second-order valence-electron chi connectivity index (χ2n) is 2.21. The first kappa shape index (κ1) is 9.28. The highest BCUT2D eigenvalue weighted by Gasteiger charge is 2.16. The van der Waals surface area contributed by atoms with E-state index < -0.39 is 6.03 Å². The van der Waals surface area contributed by atoms with Crippen molar-refractivity contribution in [1.29, 1.82) is 0 Å². The predicted octanol–water partition coefficient (Wildman–Crippen LogP) is 0.802. The molecule has 0 radical (unpaired) electrons. The van der Waals surface area contributed by atoms with E-state index in [4.69, 9.17) is 11.6 Å². The van der Waals surface area contributed by atoms with Crippen molar-refractivity contribution >= 4 is 33.6 Å². The maximum absolute atomic E-state index is 11.6. The third kappa shape index (κ3) is 1.42. The van der Waals surface area contributed by atoms with Crippen molar-refractivity contribution in [3.05, 3.63) is 22.1 Å². The van der Waals surface area contributed by atoms with E-state index in [1.165, 1.54) is 12.4 Å². The van der Waals surface area contributed by atoms with Gasteiger partial charge >= 0.3 is 6.03 Å². The summed E-state index contributed by atoms with van der Waals surface area (Å²) in [5.74, 6) is 0. The standard InChI is InChI=1S/C5H2BrClN6O/c6-3-4(7)13(11-9-3)5(14)12-2-1-8-10-12/h1-2H. The summed E-state index contributed by atoms with van der Waals surface area (Å²) >= 11 is 8.75. The van der Waals surface area contributed by atoms with Gasteiger partial charge in [-0.1, -0.05) is 22.0 Å². The van der Waals surface area contributed by atoms with E-state index in [0.717, 1.165) is 9.36 Å². The molecule has 2 heterocycles. The number of hydrogen-bond donors (Lipinski definition) is 0. The van der Waals surface area contributed by atoms with Gasteiger partial charge in [-0.3, -0.25) is 0 Å². The average molecular weight is 277 g/mol. The van der Waals surface area contributed by atoms with E-state index >= 15 is 0 Å². The summed E-state index contributed by atoms with van der Waals surface area (Å²) in [6, 6.07) is -0.550. The molecule has 0 fully saturated rings. The molecule has 0 atom stereocenters. The Morgan fingerprint density at radius 3 is 2.79 bits per heavy atom. The van der Waals surface area contributed by atoms with E-state index in [1.807, 2.05) is 0 Å². The predicted molar refractivity (Wildman–Crippen MR) is 48.9 cm³/mol. The number of halogens is 2. The van der Waals surface area contributed by atoms with E-state index in [0.29, 0.717) is 4.60 Å². The second-order valence-corrected chi connectivity index (χ2v) is 3.32. The minimum Gasteiger partial charge on any atom is -0.243 e. The van der Waals surface area contributed by atoms with E-state index in [-0.39, 0.29) is 5.15 Å². The summed E-state index contributed by atoms with van der Waals surface area (Å²) in [6.07, 6.45) is 2.76. The van der Waals surface area contributed by atoms with Crippen LogP contribution in [0.25, 0.3) is 0 Å². The minimum atomic E-state index is -0.550. The Morgan fingerprint density at radius 1 is 1.50 bits per heavy atom. The Labute approximate surface area is 90.8 Å². The van der Waals surface area contributed by atoms with Gasteiger partial charge < -0.3 is 0 Å². The molecule has 0 aliphatic rings. The summed E-state index contributed by atoms with van der Waals surface area (Å²) in [7, 11) is 0. The summed E-state index contributed by atoms with van der Waals surface area (Å²) in [5, 5.41) is 14.2. The largest absolute Gasteiger partial charge is 0.373 e. The molecule has 0 aliphatic carbocycles. The number of aromatic nitrogens is 6. The quantitative estimate of drug-likeness (QED) is 0.712. The van der Waals surface area contributed by atoms with Crippen LogP contribution >= 0.6 is 27.5 Å². The van der Waals surface area contributed by atoms with Crippen LogP contribution in [0.5, 0.6) is 0 Å². The third-order valence-electron chi connectivity index (χ3n) is 1.38. The first-order chi connectivity index (χ1) is 6.70. The number of carbonyl (C=O) groups is 1. The highest BCUT2D eigenvalue weighted by atomic mass is 79.9. The highest BCUT2D eigenvalue weighted by molar-refractivity contribution is 9.10. The van der Waals surface area contributed by atoms with E-state index in [2.05, 4.69) is 36.6 Å². The zero-order valence-corrected chi connectivity index (χ0v) is 8.84. The second kappa shape index (κ2) is 3.46. The normalized spacial score (nSPS) is 10.4. The Kier molecular flexibility index (Phi) is 2.30. The molecule has 2 rings (SSSR count). The molecular weight excluding hydrogens is 275 g/mol. The molecule has 0 N–H and O–H groups in total. The lowest BCUT2D eigenvalue weighted by Crippen LogP contribution is -2.21.